The summed E-state index contributed by atoms with van der Waals surface area (Å²) in [6.07, 6.45) is 3.41. The number of imidazole rings is 1. The smallest absolute Gasteiger partial charge is 0.226 e. The lowest BCUT2D eigenvalue weighted by Crippen LogP contribution is -2.08. The number of hydrogen-bond acceptors (Lipinski definition) is 5. The van der Waals surface area contributed by atoms with Gasteiger partial charge in [-0.15, -0.1) is 0 Å². The second-order valence-corrected chi connectivity index (χ2v) is 5.58. The molecular formula is C14H16ClN5O. The van der Waals surface area contributed by atoms with Crippen molar-refractivity contribution in [2.24, 2.45) is 5.92 Å². The lowest BCUT2D eigenvalue weighted by Gasteiger charge is -2.11. The number of halogens is 1. The third kappa shape index (κ3) is 3.00. The molecule has 0 aliphatic rings. The van der Waals surface area contributed by atoms with Gasteiger partial charge in [-0.3, -0.25) is 0 Å². The fraction of sp³-hybridized carbons (Fsp3) is 0.357. The minimum absolute atomic E-state index is 0.180. The van der Waals surface area contributed by atoms with Crippen molar-refractivity contribution in [2.45, 2.75) is 26.9 Å². The maximum Gasteiger partial charge on any atom is 0.226 e. The van der Waals surface area contributed by atoms with Crippen LogP contribution < -0.4 is 5.32 Å². The molecule has 7 heteroatoms. The largest absolute Gasteiger partial charge is 0.467 e. The quantitative estimate of drug-likeness (QED) is 0.732. The van der Waals surface area contributed by atoms with Gasteiger partial charge in [-0.1, -0.05) is 13.8 Å². The number of furan rings is 1. The maximum absolute atomic E-state index is 5.96. The summed E-state index contributed by atoms with van der Waals surface area (Å²) in [5.74, 6) is 1.99. The van der Waals surface area contributed by atoms with Gasteiger partial charge in [0.1, 0.15) is 11.3 Å². The van der Waals surface area contributed by atoms with Crippen molar-refractivity contribution in [1.29, 1.82) is 0 Å². The molecule has 1 N–H and O–H groups in total. The van der Waals surface area contributed by atoms with E-state index in [-0.39, 0.29) is 5.28 Å². The van der Waals surface area contributed by atoms with E-state index in [9.17, 15) is 0 Å². The number of nitrogens with zero attached hydrogens (tertiary/aromatic N) is 4. The van der Waals surface area contributed by atoms with Crippen LogP contribution in [0.4, 0.5) is 5.82 Å². The van der Waals surface area contributed by atoms with E-state index < -0.39 is 0 Å². The van der Waals surface area contributed by atoms with Gasteiger partial charge in [-0.25, -0.2) is 4.98 Å². The zero-order valence-electron chi connectivity index (χ0n) is 11.9. The highest BCUT2D eigenvalue weighted by atomic mass is 35.5. The highest BCUT2D eigenvalue weighted by Crippen LogP contribution is 2.23. The van der Waals surface area contributed by atoms with E-state index in [1.165, 1.54) is 0 Å². The van der Waals surface area contributed by atoms with Gasteiger partial charge >= 0.3 is 0 Å². The van der Waals surface area contributed by atoms with Crippen molar-refractivity contribution in [3.8, 4) is 0 Å². The average molecular weight is 306 g/mol. The molecule has 0 spiro atoms. The molecule has 3 rings (SSSR count). The molecule has 0 aliphatic heterocycles. The summed E-state index contributed by atoms with van der Waals surface area (Å²) in [6, 6.07) is 3.75. The second-order valence-electron chi connectivity index (χ2n) is 5.24. The minimum Gasteiger partial charge on any atom is -0.467 e. The van der Waals surface area contributed by atoms with E-state index in [1.807, 2.05) is 16.7 Å². The molecule has 3 aromatic rings. The summed E-state index contributed by atoms with van der Waals surface area (Å²) in [6.45, 7) is 5.68. The third-order valence-electron chi connectivity index (χ3n) is 3.02. The number of hydrogen-bond donors (Lipinski definition) is 1. The summed E-state index contributed by atoms with van der Waals surface area (Å²) >= 11 is 5.96. The monoisotopic (exact) mass is 305 g/mol. The molecular weight excluding hydrogens is 290 g/mol. The Kier molecular flexibility index (Phi) is 3.79. The zero-order chi connectivity index (χ0) is 14.8. The van der Waals surface area contributed by atoms with Gasteiger partial charge in [0.2, 0.25) is 5.28 Å². The van der Waals surface area contributed by atoms with Crippen LogP contribution in [0.3, 0.4) is 0 Å². The Bertz CT molecular complexity index is 735. The Hall–Kier alpha value is -2.08. The standard InChI is InChI=1S/C14H16ClN5O/c1-9(2)7-20-8-17-13-11(20)12(18-14(15)19-13)16-6-10-4-3-5-21-10/h3-5,8-9H,6-7H2,1-2H3,(H,16,18,19). The van der Waals surface area contributed by atoms with Gasteiger partial charge in [0.05, 0.1) is 19.1 Å². The lowest BCUT2D eigenvalue weighted by atomic mass is 10.2. The molecule has 0 aromatic carbocycles. The Morgan fingerprint density at radius 3 is 2.95 bits per heavy atom. The highest BCUT2D eigenvalue weighted by Gasteiger charge is 2.14. The van der Waals surface area contributed by atoms with Crippen molar-refractivity contribution >= 4 is 28.6 Å². The molecule has 0 radical (unpaired) electrons. The molecule has 3 heterocycles. The predicted octanol–water partition coefficient (Wildman–Crippen LogP) is 3.34. The van der Waals surface area contributed by atoms with Crippen LogP contribution in [0, 0.1) is 5.92 Å². The van der Waals surface area contributed by atoms with Crippen molar-refractivity contribution in [2.75, 3.05) is 5.32 Å². The van der Waals surface area contributed by atoms with Crippen LogP contribution in [0.5, 0.6) is 0 Å². The van der Waals surface area contributed by atoms with Crippen LogP contribution in [-0.4, -0.2) is 19.5 Å². The molecule has 0 bridgehead atoms. The van der Waals surface area contributed by atoms with Gasteiger partial charge in [0, 0.05) is 6.54 Å². The molecule has 6 nitrogen and oxygen atoms in total. The number of fused-ring (bicyclic) bond motifs is 1. The van der Waals surface area contributed by atoms with Crippen LogP contribution in [0.25, 0.3) is 11.2 Å². The number of nitrogens with one attached hydrogen (secondary N) is 1. The lowest BCUT2D eigenvalue weighted by molar-refractivity contribution is 0.517. The molecule has 0 atom stereocenters. The first-order chi connectivity index (χ1) is 10.1. The highest BCUT2D eigenvalue weighted by molar-refractivity contribution is 6.28. The summed E-state index contributed by atoms with van der Waals surface area (Å²) in [7, 11) is 0. The zero-order valence-corrected chi connectivity index (χ0v) is 12.6. The van der Waals surface area contributed by atoms with E-state index in [1.54, 1.807) is 12.6 Å². The van der Waals surface area contributed by atoms with Crippen LogP contribution in [0.1, 0.15) is 19.6 Å². The molecule has 110 valence electrons. The summed E-state index contributed by atoms with van der Waals surface area (Å²) in [5.41, 5.74) is 1.46. The molecule has 3 aromatic heterocycles. The Labute approximate surface area is 127 Å². The van der Waals surface area contributed by atoms with Crippen molar-refractivity contribution < 1.29 is 4.42 Å². The minimum atomic E-state index is 0.180. The topological polar surface area (TPSA) is 68.8 Å². The van der Waals surface area contributed by atoms with Crippen LogP contribution in [-0.2, 0) is 13.1 Å². The van der Waals surface area contributed by atoms with E-state index >= 15 is 0 Å². The maximum atomic E-state index is 5.96. The molecule has 21 heavy (non-hydrogen) atoms. The second kappa shape index (κ2) is 5.73. The SMILES string of the molecule is CC(C)Cn1cnc2nc(Cl)nc(NCc3ccco3)c21. The Morgan fingerprint density at radius 2 is 2.24 bits per heavy atom. The van der Waals surface area contributed by atoms with Crippen molar-refractivity contribution in [1.82, 2.24) is 19.5 Å². The van der Waals surface area contributed by atoms with Gasteiger partial charge in [-0.05, 0) is 29.7 Å². The normalized spacial score (nSPS) is 11.4. The summed E-state index contributed by atoms with van der Waals surface area (Å²) < 4.78 is 7.35. The van der Waals surface area contributed by atoms with Gasteiger partial charge in [0.15, 0.2) is 11.5 Å². The fourth-order valence-corrected chi connectivity index (χ4v) is 2.36. The molecule has 0 aliphatic carbocycles. The fourth-order valence-electron chi connectivity index (χ4n) is 2.19. The van der Waals surface area contributed by atoms with E-state index in [0.29, 0.717) is 23.9 Å². The third-order valence-corrected chi connectivity index (χ3v) is 3.19. The number of aromatic nitrogens is 4. The van der Waals surface area contributed by atoms with Gasteiger partial charge < -0.3 is 14.3 Å². The summed E-state index contributed by atoms with van der Waals surface area (Å²) in [5, 5.41) is 3.42. The number of anilines is 1. The molecule has 0 fully saturated rings. The first kappa shape index (κ1) is 13.9. The van der Waals surface area contributed by atoms with Crippen molar-refractivity contribution in [3.63, 3.8) is 0 Å². The molecule has 0 amide bonds. The average Bonchev–Trinajstić information content (AvgIpc) is 3.05. The molecule has 0 saturated carbocycles. The first-order valence-corrected chi connectivity index (χ1v) is 7.16. The predicted molar refractivity (Wildman–Crippen MR) is 81.2 cm³/mol. The van der Waals surface area contributed by atoms with Gasteiger partial charge in [-0.2, -0.15) is 9.97 Å². The van der Waals surface area contributed by atoms with E-state index in [2.05, 4.69) is 34.1 Å². The Balaban J connectivity index is 1.96. The van der Waals surface area contributed by atoms with E-state index in [0.717, 1.165) is 17.8 Å². The van der Waals surface area contributed by atoms with Gasteiger partial charge in [0.25, 0.3) is 0 Å². The first-order valence-electron chi connectivity index (χ1n) is 6.78. The van der Waals surface area contributed by atoms with Crippen LogP contribution in [0.15, 0.2) is 29.1 Å². The van der Waals surface area contributed by atoms with Crippen LogP contribution >= 0.6 is 11.6 Å². The van der Waals surface area contributed by atoms with E-state index in [4.69, 9.17) is 16.0 Å². The molecule has 0 saturated heterocycles. The van der Waals surface area contributed by atoms with Crippen LogP contribution in [0.2, 0.25) is 5.28 Å². The Morgan fingerprint density at radius 1 is 1.38 bits per heavy atom. The van der Waals surface area contributed by atoms with Crippen molar-refractivity contribution in [3.05, 3.63) is 35.8 Å². The number of rotatable bonds is 5. The summed E-state index contributed by atoms with van der Waals surface area (Å²) in [4.78, 5) is 12.8. The molecule has 0 unspecified atom stereocenters.